The number of hydrogen-bond donors (Lipinski definition) is 1. The van der Waals surface area contributed by atoms with Gasteiger partial charge in [0.25, 0.3) is 5.91 Å². The quantitative estimate of drug-likeness (QED) is 0.0199. The summed E-state index contributed by atoms with van der Waals surface area (Å²) in [6.45, 7) is 29.9. The van der Waals surface area contributed by atoms with Crippen LogP contribution in [0, 0.1) is 24.1 Å². The molecule has 1 N–H and O–H groups in total. The van der Waals surface area contributed by atoms with E-state index in [1.165, 1.54) is 18.9 Å². The van der Waals surface area contributed by atoms with E-state index in [4.69, 9.17) is 30.9 Å². The van der Waals surface area contributed by atoms with Crippen molar-refractivity contribution >= 4 is 73.1 Å². The van der Waals surface area contributed by atoms with E-state index in [9.17, 15) is 23.6 Å². The zero-order chi connectivity index (χ0) is 63.5. The number of anilines is 2. The Kier molecular flexibility index (Phi) is 22.3. The Morgan fingerprint density at radius 1 is 0.921 bits per heavy atom. The number of ether oxygens (including phenoxy) is 2. The highest BCUT2D eigenvalue weighted by molar-refractivity contribution is 7.27. The second kappa shape index (κ2) is 30.0. The maximum atomic E-state index is 15.0. The summed E-state index contributed by atoms with van der Waals surface area (Å²) in [7, 11) is 4.41. The first-order chi connectivity index (χ1) is 42.9. The van der Waals surface area contributed by atoms with Crippen LogP contribution in [0.4, 0.5) is 15.9 Å². The minimum absolute atomic E-state index is 0.118. The van der Waals surface area contributed by atoms with E-state index in [1.54, 1.807) is 30.1 Å². The third-order valence-electron chi connectivity index (χ3n) is 19.0. The van der Waals surface area contributed by atoms with Gasteiger partial charge in [-0.2, -0.15) is 9.97 Å². The van der Waals surface area contributed by atoms with E-state index >= 15 is 0 Å². The topological polar surface area (TPSA) is 156 Å². The minimum Gasteiger partial charge on any atom is -0.478 e. The summed E-state index contributed by atoms with van der Waals surface area (Å²) in [6, 6.07) is 15.1. The van der Waals surface area contributed by atoms with Crippen LogP contribution in [0.2, 0.25) is 0 Å². The molecule has 6 atom stereocenters. The summed E-state index contributed by atoms with van der Waals surface area (Å²) >= 11 is 0. The van der Waals surface area contributed by atoms with Crippen LogP contribution in [-0.4, -0.2) is 168 Å². The number of unbranched alkanes of at least 4 members (excludes halogenated alkanes) is 1. The minimum atomic E-state index is -0.442. The van der Waals surface area contributed by atoms with Crippen molar-refractivity contribution in [2.24, 2.45) is 10.9 Å². The molecule has 18 heteroatoms. The number of Topliss-reactive ketones (excluding diaryl/α,β-unsaturated/α-hetero) is 1. The number of aliphatic imine (C=N–C) groups is 1. The van der Waals surface area contributed by atoms with Gasteiger partial charge in [-0.05, 0) is 114 Å². The molecular weight excluding hydrogens is 1140 g/mol. The van der Waals surface area contributed by atoms with Crippen LogP contribution in [-0.2, 0) is 14.3 Å². The molecule has 0 spiro atoms. The third-order valence-corrected chi connectivity index (χ3v) is 19.3. The van der Waals surface area contributed by atoms with Crippen LogP contribution < -0.4 is 30.4 Å². The second-order valence-corrected chi connectivity index (χ2v) is 25.5. The van der Waals surface area contributed by atoms with E-state index in [-0.39, 0.29) is 46.7 Å². The Hall–Kier alpha value is -7.25. The first-order valence-corrected chi connectivity index (χ1v) is 32.8. The molecule has 6 saturated heterocycles. The molecule has 89 heavy (non-hydrogen) atoms. The molecule has 2 amide bonds. The van der Waals surface area contributed by atoms with Gasteiger partial charge in [-0.15, -0.1) is 15.7 Å². The van der Waals surface area contributed by atoms with Crippen LogP contribution in [0.5, 0.6) is 6.01 Å². The molecule has 6 fully saturated rings. The molecule has 0 radical (unpaired) electrons. The van der Waals surface area contributed by atoms with Crippen molar-refractivity contribution in [1.82, 2.24) is 34.9 Å². The lowest BCUT2D eigenvalue weighted by Gasteiger charge is -2.40. The van der Waals surface area contributed by atoms with Crippen molar-refractivity contribution in [2.75, 3.05) is 89.0 Å². The lowest BCUT2D eigenvalue weighted by Crippen LogP contribution is -2.53. The molecule has 3 aromatic carbocycles. The number of likely N-dealkylation sites (N-methyl/N-ethyl adjacent to an activating group) is 1. The molecule has 10 rings (SSSR count). The van der Waals surface area contributed by atoms with Crippen molar-refractivity contribution in [3.8, 4) is 18.4 Å². The van der Waals surface area contributed by atoms with Crippen molar-refractivity contribution in [3.05, 3.63) is 124 Å². The molecular formula is C71H92FN10O6P. The van der Waals surface area contributed by atoms with Crippen LogP contribution >= 0.6 is 9.24 Å². The molecule has 0 aliphatic carbocycles. The molecule has 7 heterocycles. The van der Waals surface area contributed by atoms with Crippen LogP contribution in [0.15, 0.2) is 90.3 Å². The van der Waals surface area contributed by atoms with Crippen LogP contribution in [0.25, 0.3) is 22.8 Å². The van der Waals surface area contributed by atoms with E-state index in [2.05, 4.69) is 73.7 Å². The van der Waals surface area contributed by atoms with Crippen molar-refractivity contribution in [2.45, 2.75) is 148 Å². The number of terminal acetylenes is 1. The molecule has 0 saturated carbocycles. The molecule has 6 aliphatic heterocycles. The fraction of sp³-hybridized carbons (Fsp3) is 0.507. The monoisotopic (exact) mass is 1230 g/mol. The summed E-state index contributed by atoms with van der Waals surface area (Å²) < 4.78 is 28.2. The van der Waals surface area contributed by atoms with Gasteiger partial charge in [-0.3, -0.25) is 29.1 Å². The fourth-order valence-electron chi connectivity index (χ4n) is 13.9. The second-order valence-electron chi connectivity index (χ2n) is 25.2. The molecule has 6 aliphatic rings. The summed E-state index contributed by atoms with van der Waals surface area (Å²) in [6.07, 6.45) is 19.3. The molecule has 2 bridgehead atoms. The van der Waals surface area contributed by atoms with Gasteiger partial charge in [0.1, 0.15) is 30.6 Å². The van der Waals surface area contributed by atoms with Gasteiger partial charge in [-0.1, -0.05) is 88.1 Å². The third kappa shape index (κ3) is 15.2. The number of carbonyl (C=O) groups excluding carboxylic acids is 4. The van der Waals surface area contributed by atoms with Gasteiger partial charge in [0, 0.05) is 137 Å². The number of aldehydes is 1. The van der Waals surface area contributed by atoms with Crippen molar-refractivity contribution < 1.29 is 33.0 Å². The number of halogens is 1. The SMILES string of the molecule is C#Cc1c(F)ccc2cccc(C(C)=N/C=c3/c(N4CC5CCC(C4)N5)nc(OCC45CCC(COC(=C)N6CCN(C(=O)C7CCN(c8ccc(C=O)c(C(=O)N(C)C(CCC(=O)CCC)C(=C)C)c8)CC7)CC6)N4CC(=C)C5)n/c3=C\P)c12.CCCC. The number of nitrogens with one attached hydrogen (secondary N) is 1. The Morgan fingerprint density at radius 2 is 1.64 bits per heavy atom. The number of benzene rings is 3. The van der Waals surface area contributed by atoms with E-state index in [0.29, 0.717) is 142 Å². The van der Waals surface area contributed by atoms with E-state index in [0.717, 1.165) is 97.0 Å². The molecule has 4 aromatic rings. The lowest BCUT2D eigenvalue weighted by molar-refractivity contribution is -0.138. The van der Waals surface area contributed by atoms with Gasteiger partial charge < -0.3 is 39.3 Å². The Labute approximate surface area is 528 Å². The van der Waals surface area contributed by atoms with Crippen molar-refractivity contribution in [1.29, 1.82) is 0 Å². The number of carbonyl (C=O) groups is 4. The maximum Gasteiger partial charge on any atom is 0.319 e. The number of amides is 2. The first kappa shape index (κ1) is 66.2. The molecule has 1 aromatic heterocycles. The normalized spacial score (nSPS) is 21.9. The average molecular weight is 1230 g/mol. The Morgan fingerprint density at radius 3 is 2.30 bits per heavy atom. The molecule has 16 nitrogen and oxygen atoms in total. The fourth-order valence-corrected chi connectivity index (χ4v) is 14.1. The van der Waals surface area contributed by atoms with Gasteiger partial charge in [0.2, 0.25) is 5.91 Å². The number of aromatic nitrogens is 2. The highest BCUT2D eigenvalue weighted by Crippen LogP contribution is 2.45. The maximum absolute atomic E-state index is 15.0. The van der Waals surface area contributed by atoms with E-state index < -0.39 is 5.82 Å². The Balaban J connectivity index is 0.00000228. The number of fused-ring (bicyclic) bond motifs is 4. The first-order valence-electron chi connectivity index (χ1n) is 32.2. The molecule has 474 valence electrons. The smallest absolute Gasteiger partial charge is 0.319 e. The zero-order valence-electron chi connectivity index (χ0n) is 53.3. The number of piperidine rings is 1. The largest absolute Gasteiger partial charge is 0.478 e. The van der Waals surface area contributed by atoms with Crippen molar-refractivity contribution in [3.63, 3.8) is 0 Å². The number of nitrogens with zero attached hydrogens (tertiary/aromatic N) is 9. The average Bonchev–Trinajstić information content (AvgIpc) is 1.99. The summed E-state index contributed by atoms with van der Waals surface area (Å²) in [5.41, 5.74) is 4.73. The predicted octanol–water partition coefficient (Wildman–Crippen LogP) is 9.43. The number of hydrogen-bond acceptors (Lipinski definition) is 14. The lowest BCUT2D eigenvalue weighted by atomic mass is 9.94. The van der Waals surface area contributed by atoms with Gasteiger partial charge in [0.15, 0.2) is 12.2 Å². The summed E-state index contributed by atoms with van der Waals surface area (Å²) in [5.74, 6) is 5.28. The van der Waals surface area contributed by atoms with Gasteiger partial charge >= 0.3 is 6.01 Å². The van der Waals surface area contributed by atoms with Crippen LogP contribution in [0.1, 0.15) is 150 Å². The highest BCUT2D eigenvalue weighted by Gasteiger charge is 2.51. The van der Waals surface area contributed by atoms with Crippen LogP contribution in [0.3, 0.4) is 0 Å². The number of rotatable bonds is 22. The highest BCUT2D eigenvalue weighted by atomic mass is 31.0. The standard InChI is InChI=1S/C67H82FN10O6P.C4H10/c1-9-12-54(80)20-22-61(43(3)4)73(8)65(82)57-33-52(19-15-49(57)39-79)75-27-24-48(25-28-75)64(81)76-31-29-74(30-32-76)46(7)83-40-53-23-26-67(34-44(5)36-78(53)67)42-84-66-71-60(41-85)58(63(72-66)77-37-50-17-18-51(38-77)70-50)35-69-45(6)56-14-11-13-47-16-21-59(68)55(10-2)62(47)56;1-3-4-2/h2,11,13-16,19,21,33,35,39,41,48,50-51,53,61,70H,3,5,7,9,12,17-18,20,22-32,34,36-38,40,42,85H2,1,4,6,8H3;3-4H2,1-2H3/b58-35+,60-41-,69-45?;. The van der Waals surface area contributed by atoms with Gasteiger partial charge in [0.05, 0.1) is 33.3 Å². The van der Waals surface area contributed by atoms with E-state index in [1.807, 2.05) is 62.0 Å². The number of ketones is 1. The molecule has 6 unspecified atom stereocenters. The Bertz CT molecular complexity index is 3500. The predicted molar refractivity (Wildman–Crippen MR) is 358 cm³/mol. The number of piperazine rings is 2. The zero-order valence-corrected chi connectivity index (χ0v) is 54.5. The summed E-state index contributed by atoms with van der Waals surface area (Å²) in [4.78, 5) is 80.4. The summed E-state index contributed by atoms with van der Waals surface area (Å²) in [5, 5.41) is 6.68. The van der Waals surface area contributed by atoms with Gasteiger partial charge in [-0.25, -0.2) is 4.39 Å².